The van der Waals surface area contributed by atoms with Crippen LogP contribution in [0.3, 0.4) is 0 Å². The van der Waals surface area contributed by atoms with E-state index in [2.05, 4.69) is 0 Å². The number of benzene rings is 1. The minimum atomic E-state index is -0.0957. The quantitative estimate of drug-likeness (QED) is 0.825. The van der Waals surface area contributed by atoms with E-state index in [0.717, 1.165) is 12.8 Å². The molecule has 2 rings (SSSR count). The summed E-state index contributed by atoms with van der Waals surface area (Å²) in [6, 6.07) is 3.09. The molecule has 4 nitrogen and oxygen atoms in total. The first-order chi connectivity index (χ1) is 9.02. The Morgan fingerprint density at radius 3 is 2.53 bits per heavy atom. The van der Waals surface area contributed by atoms with Gasteiger partial charge in [0.1, 0.15) is 0 Å². The molecule has 1 amide bonds. The third-order valence-corrected chi connectivity index (χ3v) is 4.28. The van der Waals surface area contributed by atoms with E-state index in [1.807, 2.05) is 0 Å². The zero-order chi connectivity index (χ0) is 14.0. The lowest BCUT2D eigenvalue weighted by molar-refractivity contribution is 0.0651. The Morgan fingerprint density at radius 1 is 1.37 bits per heavy atom. The van der Waals surface area contributed by atoms with Crippen molar-refractivity contribution in [2.24, 2.45) is 5.92 Å². The Hall–Kier alpha value is -0.970. The van der Waals surface area contributed by atoms with Crippen LogP contribution in [0.4, 0.5) is 5.69 Å². The number of likely N-dealkylation sites (tertiary alicyclic amines) is 1. The first-order valence-electron chi connectivity index (χ1n) is 6.17. The fourth-order valence-corrected chi connectivity index (χ4v) is 2.57. The van der Waals surface area contributed by atoms with Crippen molar-refractivity contribution >= 4 is 34.8 Å². The van der Waals surface area contributed by atoms with Crippen molar-refractivity contribution in [2.45, 2.75) is 12.8 Å². The predicted molar refractivity (Wildman–Crippen MR) is 76.6 cm³/mol. The fraction of sp³-hybridized carbons (Fsp3) is 0.462. The van der Waals surface area contributed by atoms with Gasteiger partial charge in [-0.3, -0.25) is 4.79 Å². The monoisotopic (exact) mass is 302 g/mol. The number of amides is 1. The minimum Gasteiger partial charge on any atom is -0.397 e. The molecule has 0 unspecified atom stereocenters. The van der Waals surface area contributed by atoms with Crippen LogP contribution in [0, 0.1) is 5.92 Å². The number of halogens is 2. The number of hydrogen-bond donors (Lipinski definition) is 2. The number of carbonyl (C=O) groups is 1. The van der Waals surface area contributed by atoms with Crippen molar-refractivity contribution in [3.05, 3.63) is 27.7 Å². The van der Waals surface area contributed by atoms with Gasteiger partial charge in [-0.05, 0) is 30.9 Å². The highest BCUT2D eigenvalue weighted by Crippen LogP contribution is 2.30. The normalized spacial score (nSPS) is 16.7. The van der Waals surface area contributed by atoms with Gasteiger partial charge < -0.3 is 15.7 Å². The van der Waals surface area contributed by atoms with Gasteiger partial charge in [-0.15, -0.1) is 0 Å². The van der Waals surface area contributed by atoms with E-state index in [1.54, 1.807) is 17.0 Å². The molecule has 1 aromatic carbocycles. The Balaban J connectivity index is 2.12. The topological polar surface area (TPSA) is 66.6 Å². The van der Waals surface area contributed by atoms with Crippen LogP contribution in [0.2, 0.25) is 10.0 Å². The summed E-state index contributed by atoms with van der Waals surface area (Å²) >= 11 is 11.8. The van der Waals surface area contributed by atoms with Gasteiger partial charge in [-0.25, -0.2) is 0 Å². The highest BCUT2D eigenvalue weighted by atomic mass is 35.5. The number of anilines is 1. The maximum Gasteiger partial charge on any atom is 0.253 e. The smallest absolute Gasteiger partial charge is 0.253 e. The Bertz CT molecular complexity index is 463. The van der Waals surface area contributed by atoms with Gasteiger partial charge >= 0.3 is 0 Å². The molecule has 0 radical (unpaired) electrons. The molecular weight excluding hydrogens is 287 g/mol. The molecule has 1 fully saturated rings. The van der Waals surface area contributed by atoms with E-state index in [9.17, 15) is 4.79 Å². The maximum atomic E-state index is 12.3. The van der Waals surface area contributed by atoms with E-state index in [4.69, 9.17) is 34.0 Å². The average Bonchev–Trinajstić information content (AvgIpc) is 2.43. The minimum absolute atomic E-state index is 0.0957. The van der Waals surface area contributed by atoms with E-state index in [0.29, 0.717) is 30.3 Å². The number of rotatable bonds is 2. The van der Waals surface area contributed by atoms with Gasteiger partial charge in [0.2, 0.25) is 0 Å². The lowest BCUT2D eigenvalue weighted by atomic mass is 9.97. The van der Waals surface area contributed by atoms with Gasteiger partial charge in [0.15, 0.2) is 0 Å². The molecule has 0 bridgehead atoms. The Labute approximate surface area is 122 Å². The molecule has 1 heterocycles. The predicted octanol–water partition coefficient (Wildman–Crippen LogP) is 2.42. The van der Waals surface area contributed by atoms with Crippen molar-refractivity contribution in [2.75, 3.05) is 25.4 Å². The second-order valence-corrected chi connectivity index (χ2v) is 5.56. The summed E-state index contributed by atoms with van der Waals surface area (Å²) in [7, 11) is 0. The van der Waals surface area contributed by atoms with E-state index >= 15 is 0 Å². The van der Waals surface area contributed by atoms with Crippen LogP contribution >= 0.6 is 23.2 Å². The van der Waals surface area contributed by atoms with Gasteiger partial charge in [-0.1, -0.05) is 23.2 Å². The molecule has 104 valence electrons. The lowest BCUT2D eigenvalue weighted by Gasteiger charge is -2.31. The van der Waals surface area contributed by atoms with Crippen molar-refractivity contribution in [1.29, 1.82) is 0 Å². The summed E-state index contributed by atoms with van der Waals surface area (Å²) in [6.07, 6.45) is 1.64. The molecule has 1 aromatic rings. The molecular formula is C13H16Cl2N2O2. The second-order valence-electron chi connectivity index (χ2n) is 4.78. The average molecular weight is 303 g/mol. The van der Waals surface area contributed by atoms with Crippen LogP contribution in [0.25, 0.3) is 0 Å². The Kier molecular flexibility index (Phi) is 4.55. The summed E-state index contributed by atoms with van der Waals surface area (Å²) in [5, 5.41) is 9.65. The molecule has 1 aliphatic rings. The van der Waals surface area contributed by atoms with Gasteiger partial charge in [-0.2, -0.15) is 0 Å². The molecule has 0 saturated carbocycles. The van der Waals surface area contributed by atoms with Crippen molar-refractivity contribution in [3.8, 4) is 0 Å². The summed E-state index contributed by atoms with van der Waals surface area (Å²) < 4.78 is 0. The fourth-order valence-electron chi connectivity index (χ4n) is 2.24. The Morgan fingerprint density at radius 2 is 2.00 bits per heavy atom. The van der Waals surface area contributed by atoms with Gasteiger partial charge in [0.05, 0.1) is 15.7 Å². The summed E-state index contributed by atoms with van der Waals surface area (Å²) in [5.41, 5.74) is 6.47. The van der Waals surface area contributed by atoms with Crippen LogP contribution in [0.15, 0.2) is 12.1 Å². The van der Waals surface area contributed by atoms with E-state index in [1.165, 1.54) is 0 Å². The zero-order valence-electron chi connectivity index (χ0n) is 10.4. The second kappa shape index (κ2) is 5.99. The van der Waals surface area contributed by atoms with E-state index in [-0.39, 0.29) is 22.6 Å². The van der Waals surface area contributed by atoms with Crippen LogP contribution in [-0.2, 0) is 0 Å². The van der Waals surface area contributed by atoms with Gasteiger partial charge in [0, 0.05) is 25.3 Å². The molecule has 0 spiro atoms. The molecule has 0 atom stereocenters. The van der Waals surface area contributed by atoms with Crippen molar-refractivity contribution in [1.82, 2.24) is 4.90 Å². The maximum absolute atomic E-state index is 12.3. The number of piperidine rings is 1. The highest BCUT2D eigenvalue weighted by molar-refractivity contribution is 6.43. The number of nitrogens with zero attached hydrogens (tertiary/aromatic N) is 1. The van der Waals surface area contributed by atoms with Crippen LogP contribution in [0.1, 0.15) is 23.2 Å². The summed E-state index contributed by atoms with van der Waals surface area (Å²) in [6.45, 7) is 1.47. The number of hydrogen-bond acceptors (Lipinski definition) is 3. The zero-order valence-corrected chi connectivity index (χ0v) is 11.9. The summed E-state index contributed by atoms with van der Waals surface area (Å²) in [5.74, 6) is 0.199. The number of carbonyl (C=O) groups excluding carboxylic acids is 1. The molecule has 6 heteroatoms. The molecule has 1 aliphatic heterocycles. The molecule has 0 aliphatic carbocycles. The third-order valence-electron chi connectivity index (χ3n) is 3.46. The lowest BCUT2D eigenvalue weighted by Crippen LogP contribution is -2.39. The first kappa shape index (κ1) is 14.4. The third kappa shape index (κ3) is 3.14. The standard InChI is InChI=1S/C13H16Cl2N2O2/c14-10-5-9(6-11(16)12(10)15)13(19)17-3-1-8(7-18)2-4-17/h5-6,8,18H,1-4,7,16H2. The van der Waals surface area contributed by atoms with Crippen molar-refractivity contribution < 1.29 is 9.90 Å². The van der Waals surface area contributed by atoms with Crippen molar-refractivity contribution in [3.63, 3.8) is 0 Å². The SMILES string of the molecule is Nc1cc(C(=O)N2CCC(CO)CC2)cc(Cl)c1Cl. The molecule has 0 aromatic heterocycles. The van der Waals surface area contributed by atoms with Gasteiger partial charge in [0.25, 0.3) is 5.91 Å². The van der Waals surface area contributed by atoms with Crippen LogP contribution in [0.5, 0.6) is 0 Å². The number of aliphatic hydroxyl groups is 1. The number of nitrogen functional groups attached to an aromatic ring is 1. The molecule has 3 N–H and O–H groups in total. The molecule has 19 heavy (non-hydrogen) atoms. The summed E-state index contributed by atoms with van der Waals surface area (Å²) in [4.78, 5) is 14.1. The van der Waals surface area contributed by atoms with Crippen LogP contribution in [-0.4, -0.2) is 35.6 Å². The van der Waals surface area contributed by atoms with Crippen LogP contribution < -0.4 is 5.73 Å². The highest BCUT2D eigenvalue weighted by Gasteiger charge is 2.24. The number of nitrogens with two attached hydrogens (primary N) is 1. The largest absolute Gasteiger partial charge is 0.397 e. The van der Waals surface area contributed by atoms with E-state index < -0.39 is 0 Å². The number of aliphatic hydroxyl groups excluding tert-OH is 1. The first-order valence-corrected chi connectivity index (χ1v) is 6.93. The molecule has 1 saturated heterocycles.